The van der Waals surface area contributed by atoms with Crippen LogP contribution >= 0.6 is 0 Å². The van der Waals surface area contributed by atoms with Crippen LogP contribution in [0, 0.1) is 12.8 Å². The summed E-state index contributed by atoms with van der Waals surface area (Å²) in [5, 5.41) is 0. The lowest BCUT2D eigenvalue weighted by Gasteiger charge is -2.11. The number of aryl methyl sites for hydroxylation is 1. The van der Waals surface area contributed by atoms with E-state index in [-0.39, 0.29) is 11.9 Å². The summed E-state index contributed by atoms with van der Waals surface area (Å²) < 4.78 is 5.27. The van der Waals surface area contributed by atoms with Crippen molar-refractivity contribution in [3.8, 4) is 0 Å². The van der Waals surface area contributed by atoms with E-state index in [0.717, 1.165) is 18.4 Å². The Labute approximate surface area is 97.6 Å². The third-order valence-corrected chi connectivity index (χ3v) is 2.82. The molecule has 88 valence electrons. The average molecular weight is 220 g/mol. The summed E-state index contributed by atoms with van der Waals surface area (Å²) >= 11 is 0. The SMILES string of the molecule is CCC(CC)C(=O)OCc1ccc(C)cc1. The first-order valence-electron chi connectivity index (χ1n) is 5.89. The van der Waals surface area contributed by atoms with Gasteiger partial charge >= 0.3 is 5.97 Å². The molecule has 0 unspecified atom stereocenters. The van der Waals surface area contributed by atoms with Crippen LogP contribution < -0.4 is 0 Å². The minimum atomic E-state index is -0.0782. The first kappa shape index (κ1) is 12.8. The van der Waals surface area contributed by atoms with E-state index in [9.17, 15) is 4.79 Å². The van der Waals surface area contributed by atoms with Crippen LogP contribution in [0.5, 0.6) is 0 Å². The van der Waals surface area contributed by atoms with Gasteiger partial charge < -0.3 is 4.74 Å². The van der Waals surface area contributed by atoms with Crippen molar-refractivity contribution in [2.24, 2.45) is 5.92 Å². The third kappa shape index (κ3) is 3.69. The molecule has 0 aromatic heterocycles. The van der Waals surface area contributed by atoms with E-state index in [2.05, 4.69) is 0 Å². The summed E-state index contributed by atoms with van der Waals surface area (Å²) in [4.78, 5) is 11.6. The molecule has 0 aliphatic heterocycles. The Balaban J connectivity index is 2.45. The average Bonchev–Trinajstić information content (AvgIpc) is 2.30. The molecule has 0 saturated heterocycles. The minimum Gasteiger partial charge on any atom is -0.461 e. The molecule has 0 aliphatic carbocycles. The van der Waals surface area contributed by atoms with Crippen molar-refractivity contribution in [3.63, 3.8) is 0 Å². The number of rotatable bonds is 5. The van der Waals surface area contributed by atoms with Crippen molar-refractivity contribution in [2.75, 3.05) is 0 Å². The second kappa shape index (κ2) is 6.31. The van der Waals surface area contributed by atoms with Crippen molar-refractivity contribution in [1.82, 2.24) is 0 Å². The van der Waals surface area contributed by atoms with E-state index >= 15 is 0 Å². The second-order valence-corrected chi connectivity index (χ2v) is 4.11. The quantitative estimate of drug-likeness (QED) is 0.710. The highest BCUT2D eigenvalue weighted by Gasteiger charge is 2.15. The van der Waals surface area contributed by atoms with Crippen LogP contribution in [-0.4, -0.2) is 5.97 Å². The largest absolute Gasteiger partial charge is 0.461 e. The molecule has 0 amide bonds. The zero-order chi connectivity index (χ0) is 12.0. The molecule has 0 saturated carbocycles. The lowest BCUT2D eigenvalue weighted by atomic mass is 10.0. The number of carbonyl (C=O) groups excluding carboxylic acids is 1. The Morgan fingerprint density at radius 3 is 2.25 bits per heavy atom. The molecule has 0 fully saturated rings. The molecule has 16 heavy (non-hydrogen) atoms. The fourth-order valence-corrected chi connectivity index (χ4v) is 1.58. The first-order valence-corrected chi connectivity index (χ1v) is 5.89. The lowest BCUT2D eigenvalue weighted by Crippen LogP contribution is -2.16. The van der Waals surface area contributed by atoms with Gasteiger partial charge in [-0.1, -0.05) is 43.7 Å². The van der Waals surface area contributed by atoms with Crippen LogP contribution in [0.2, 0.25) is 0 Å². The molecule has 1 aromatic rings. The first-order chi connectivity index (χ1) is 7.67. The van der Waals surface area contributed by atoms with Crippen molar-refractivity contribution in [1.29, 1.82) is 0 Å². The fourth-order valence-electron chi connectivity index (χ4n) is 1.58. The Morgan fingerprint density at radius 2 is 1.75 bits per heavy atom. The zero-order valence-corrected chi connectivity index (χ0v) is 10.3. The summed E-state index contributed by atoms with van der Waals surface area (Å²) in [5.41, 5.74) is 2.26. The van der Waals surface area contributed by atoms with Crippen LogP contribution in [0.4, 0.5) is 0 Å². The number of benzene rings is 1. The molecule has 1 aromatic carbocycles. The van der Waals surface area contributed by atoms with Gasteiger partial charge in [0.15, 0.2) is 0 Å². The second-order valence-electron chi connectivity index (χ2n) is 4.11. The fraction of sp³-hybridized carbons (Fsp3) is 0.500. The molecule has 2 nitrogen and oxygen atoms in total. The van der Waals surface area contributed by atoms with Gasteiger partial charge in [0, 0.05) is 0 Å². The number of carbonyl (C=O) groups is 1. The van der Waals surface area contributed by atoms with Crippen LogP contribution in [0.3, 0.4) is 0 Å². The molecule has 0 radical (unpaired) electrons. The maximum absolute atomic E-state index is 11.6. The van der Waals surface area contributed by atoms with Crippen LogP contribution in [-0.2, 0) is 16.1 Å². The van der Waals surface area contributed by atoms with E-state index < -0.39 is 0 Å². The van der Waals surface area contributed by atoms with E-state index in [1.54, 1.807) is 0 Å². The molecule has 0 spiro atoms. The highest BCUT2D eigenvalue weighted by Crippen LogP contribution is 2.12. The smallest absolute Gasteiger partial charge is 0.309 e. The van der Waals surface area contributed by atoms with Crippen LogP contribution in [0.25, 0.3) is 0 Å². The van der Waals surface area contributed by atoms with Gasteiger partial charge in [-0.15, -0.1) is 0 Å². The topological polar surface area (TPSA) is 26.3 Å². The molecule has 0 aliphatic rings. The number of hydrogen-bond donors (Lipinski definition) is 0. The molecular weight excluding hydrogens is 200 g/mol. The van der Waals surface area contributed by atoms with Crippen molar-refractivity contribution >= 4 is 5.97 Å². The van der Waals surface area contributed by atoms with Crippen molar-refractivity contribution in [3.05, 3.63) is 35.4 Å². The normalized spacial score (nSPS) is 10.5. The number of hydrogen-bond acceptors (Lipinski definition) is 2. The van der Waals surface area contributed by atoms with Crippen molar-refractivity contribution in [2.45, 2.75) is 40.2 Å². The highest BCUT2D eigenvalue weighted by atomic mass is 16.5. The molecule has 0 heterocycles. The Hall–Kier alpha value is -1.31. The predicted molar refractivity (Wildman–Crippen MR) is 65.0 cm³/mol. The summed E-state index contributed by atoms with van der Waals surface area (Å²) in [5.74, 6) is -0.0315. The summed E-state index contributed by atoms with van der Waals surface area (Å²) in [7, 11) is 0. The highest BCUT2D eigenvalue weighted by molar-refractivity contribution is 5.72. The van der Waals surface area contributed by atoms with Gasteiger partial charge in [0.25, 0.3) is 0 Å². The molecular formula is C14H20O2. The van der Waals surface area contributed by atoms with Gasteiger partial charge in [0.2, 0.25) is 0 Å². The zero-order valence-electron chi connectivity index (χ0n) is 10.3. The van der Waals surface area contributed by atoms with E-state index in [1.165, 1.54) is 5.56 Å². The Bertz CT molecular complexity index is 323. The van der Waals surface area contributed by atoms with Crippen LogP contribution in [0.15, 0.2) is 24.3 Å². The maximum atomic E-state index is 11.6. The Kier molecular flexibility index (Phi) is 5.03. The van der Waals surface area contributed by atoms with Gasteiger partial charge in [0.05, 0.1) is 5.92 Å². The monoisotopic (exact) mass is 220 g/mol. The standard InChI is InChI=1S/C14H20O2/c1-4-13(5-2)14(15)16-10-12-8-6-11(3)7-9-12/h6-9,13H,4-5,10H2,1-3H3. The van der Waals surface area contributed by atoms with E-state index in [4.69, 9.17) is 4.74 Å². The number of esters is 1. The Morgan fingerprint density at radius 1 is 1.19 bits per heavy atom. The summed E-state index contributed by atoms with van der Waals surface area (Å²) in [6, 6.07) is 8.05. The van der Waals surface area contributed by atoms with E-state index in [1.807, 2.05) is 45.0 Å². The predicted octanol–water partition coefficient (Wildman–Crippen LogP) is 3.47. The number of ether oxygens (including phenoxy) is 1. The minimum absolute atomic E-state index is 0.0467. The molecule has 0 atom stereocenters. The lowest BCUT2D eigenvalue weighted by molar-refractivity contribution is -0.150. The molecule has 2 heteroatoms. The van der Waals surface area contributed by atoms with Crippen LogP contribution in [0.1, 0.15) is 37.8 Å². The summed E-state index contributed by atoms with van der Waals surface area (Å²) in [6.45, 7) is 6.46. The molecule has 0 bridgehead atoms. The third-order valence-electron chi connectivity index (χ3n) is 2.82. The molecule has 1 rings (SSSR count). The summed E-state index contributed by atoms with van der Waals surface area (Å²) in [6.07, 6.45) is 1.70. The molecule has 0 N–H and O–H groups in total. The van der Waals surface area contributed by atoms with Gasteiger partial charge in [-0.3, -0.25) is 4.79 Å². The van der Waals surface area contributed by atoms with Gasteiger partial charge in [-0.2, -0.15) is 0 Å². The van der Waals surface area contributed by atoms with Gasteiger partial charge in [-0.25, -0.2) is 0 Å². The van der Waals surface area contributed by atoms with Crippen molar-refractivity contribution < 1.29 is 9.53 Å². The van der Waals surface area contributed by atoms with Gasteiger partial charge in [-0.05, 0) is 25.3 Å². The van der Waals surface area contributed by atoms with Gasteiger partial charge in [0.1, 0.15) is 6.61 Å². The maximum Gasteiger partial charge on any atom is 0.309 e. The van der Waals surface area contributed by atoms with E-state index in [0.29, 0.717) is 6.61 Å².